The third-order valence-corrected chi connectivity index (χ3v) is 7.29. The van der Waals surface area contributed by atoms with E-state index in [1.54, 1.807) is 0 Å². The topological polar surface area (TPSA) is 76.7 Å². The van der Waals surface area contributed by atoms with E-state index < -0.39 is 0 Å². The van der Waals surface area contributed by atoms with Gasteiger partial charge in [0.25, 0.3) is 0 Å². The summed E-state index contributed by atoms with van der Waals surface area (Å²) >= 11 is 0. The molecule has 1 aromatic carbocycles. The average molecular weight is 412 g/mol. The molecule has 0 aliphatic carbocycles. The van der Waals surface area contributed by atoms with Crippen LogP contribution < -0.4 is 20.9 Å². The fourth-order valence-corrected chi connectivity index (χ4v) is 5.68. The third-order valence-electron chi connectivity index (χ3n) is 7.29. The Morgan fingerprint density at radius 3 is 2.57 bits per heavy atom. The number of piperidine rings is 3. The van der Waals surface area contributed by atoms with Crippen LogP contribution in [0.2, 0.25) is 0 Å². The van der Waals surface area contributed by atoms with Crippen molar-refractivity contribution in [2.75, 3.05) is 49.5 Å². The fraction of sp³-hybridized carbons (Fsp3) is 0.652. The summed E-state index contributed by atoms with van der Waals surface area (Å²) in [5.41, 5.74) is 2.20. The number of hydrogen-bond acceptors (Lipinski definition) is 6. The van der Waals surface area contributed by atoms with E-state index in [1.165, 1.54) is 51.1 Å². The quantitative estimate of drug-likeness (QED) is 0.636. The van der Waals surface area contributed by atoms with Crippen LogP contribution in [0.15, 0.2) is 24.3 Å². The number of hydrogen-bond donors (Lipinski definition) is 3. The number of anilines is 2. The Kier molecular flexibility index (Phi) is 5.65. The molecule has 3 N–H and O–H groups in total. The fourth-order valence-electron chi connectivity index (χ4n) is 5.68. The monoisotopic (exact) mass is 411 g/mol. The molecule has 7 nitrogen and oxygen atoms in total. The van der Waals surface area contributed by atoms with Gasteiger partial charge in [-0.2, -0.15) is 0 Å². The third kappa shape index (κ3) is 4.32. The van der Waals surface area contributed by atoms with Crippen molar-refractivity contribution < 1.29 is 9.59 Å². The van der Waals surface area contributed by atoms with Crippen molar-refractivity contribution in [3.8, 4) is 0 Å². The highest BCUT2D eigenvalue weighted by Gasteiger charge is 2.39. The normalized spacial score (nSPS) is 30.4. The second-order valence-corrected chi connectivity index (χ2v) is 9.50. The first-order valence-corrected chi connectivity index (χ1v) is 11.5. The summed E-state index contributed by atoms with van der Waals surface area (Å²) in [5, 5.41) is 9.15. The maximum atomic E-state index is 12.0. The molecule has 0 saturated carbocycles. The van der Waals surface area contributed by atoms with Crippen LogP contribution in [-0.4, -0.2) is 68.1 Å². The van der Waals surface area contributed by atoms with Crippen molar-refractivity contribution in [3.05, 3.63) is 24.3 Å². The largest absolute Gasteiger partial charge is 0.374 e. The van der Waals surface area contributed by atoms with Gasteiger partial charge in [-0.1, -0.05) is 0 Å². The van der Waals surface area contributed by atoms with Gasteiger partial charge in [-0.25, -0.2) is 0 Å². The van der Waals surface area contributed by atoms with Crippen LogP contribution >= 0.6 is 0 Å². The first-order valence-electron chi connectivity index (χ1n) is 11.5. The minimum atomic E-state index is -0.331. The van der Waals surface area contributed by atoms with E-state index in [1.807, 2.05) is 0 Å². The molecule has 0 aromatic heterocycles. The Morgan fingerprint density at radius 1 is 1.00 bits per heavy atom. The summed E-state index contributed by atoms with van der Waals surface area (Å²) in [6, 6.07) is 8.79. The molecule has 4 saturated heterocycles. The van der Waals surface area contributed by atoms with Crippen LogP contribution in [0.5, 0.6) is 0 Å². The van der Waals surface area contributed by atoms with Crippen molar-refractivity contribution in [1.29, 1.82) is 0 Å². The number of nitrogens with one attached hydrogen (secondary N) is 3. The van der Waals surface area contributed by atoms with Gasteiger partial charge in [0.1, 0.15) is 6.04 Å². The van der Waals surface area contributed by atoms with E-state index in [0.29, 0.717) is 18.9 Å². The van der Waals surface area contributed by atoms with Crippen LogP contribution in [0, 0.1) is 11.8 Å². The van der Waals surface area contributed by atoms with E-state index in [9.17, 15) is 9.59 Å². The molecule has 2 amide bonds. The van der Waals surface area contributed by atoms with Gasteiger partial charge in [-0.3, -0.25) is 19.8 Å². The summed E-state index contributed by atoms with van der Waals surface area (Å²) in [7, 11) is 0. The maximum absolute atomic E-state index is 12.0. The molecule has 162 valence electrons. The van der Waals surface area contributed by atoms with Gasteiger partial charge in [0.05, 0.1) is 0 Å². The van der Waals surface area contributed by atoms with Gasteiger partial charge in [-0.15, -0.1) is 0 Å². The van der Waals surface area contributed by atoms with Gasteiger partial charge in [-0.05, 0) is 74.9 Å². The molecule has 0 spiro atoms. The molecule has 3 unspecified atom stereocenters. The highest BCUT2D eigenvalue weighted by Crippen LogP contribution is 2.34. The molecule has 4 aliphatic rings. The number of carbonyl (C=O) groups excluding carboxylic acids is 2. The van der Waals surface area contributed by atoms with Gasteiger partial charge < -0.3 is 15.5 Å². The second-order valence-electron chi connectivity index (χ2n) is 9.50. The Hall–Kier alpha value is -2.12. The maximum Gasteiger partial charge on any atom is 0.249 e. The van der Waals surface area contributed by atoms with Gasteiger partial charge in [0, 0.05) is 50.0 Å². The van der Waals surface area contributed by atoms with E-state index >= 15 is 0 Å². The molecule has 7 heteroatoms. The summed E-state index contributed by atoms with van der Waals surface area (Å²) < 4.78 is 0. The molecule has 4 aliphatic heterocycles. The van der Waals surface area contributed by atoms with E-state index in [2.05, 4.69) is 50.0 Å². The zero-order chi connectivity index (χ0) is 20.5. The van der Waals surface area contributed by atoms with Crippen molar-refractivity contribution in [2.45, 2.75) is 44.2 Å². The lowest BCUT2D eigenvalue weighted by molar-refractivity contribution is -0.133. The van der Waals surface area contributed by atoms with Crippen molar-refractivity contribution in [2.24, 2.45) is 11.8 Å². The summed E-state index contributed by atoms with van der Waals surface area (Å²) in [6.07, 6.45) is 4.93. The molecular weight excluding hydrogens is 378 g/mol. The number of amides is 2. The molecule has 5 rings (SSSR count). The zero-order valence-electron chi connectivity index (χ0n) is 17.6. The first kappa shape index (κ1) is 19.8. The lowest BCUT2D eigenvalue weighted by Gasteiger charge is -2.36. The molecule has 3 atom stereocenters. The summed E-state index contributed by atoms with van der Waals surface area (Å²) in [5.74, 6) is 1.22. The number of likely N-dealkylation sites (tertiary alicyclic amines) is 1. The SMILES string of the molecule is O=C1CCC(Nc2ccc(N3CC4CC(C3)N(CC3CCNCC3)C4)cc2)C(=O)N1. The lowest BCUT2D eigenvalue weighted by atomic mass is 9.97. The molecule has 4 heterocycles. The molecule has 0 radical (unpaired) electrons. The van der Waals surface area contributed by atoms with E-state index in [-0.39, 0.29) is 17.9 Å². The summed E-state index contributed by atoms with van der Waals surface area (Å²) in [6.45, 7) is 7.13. The van der Waals surface area contributed by atoms with Crippen molar-refractivity contribution in [3.63, 3.8) is 0 Å². The number of rotatable bonds is 5. The molecule has 2 bridgehead atoms. The van der Waals surface area contributed by atoms with Crippen LogP contribution in [0.4, 0.5) is 11.4 Å². The molecule has 30 heavy (non-hydrogen) atoms. The summed E-state index contributed by atoms with van der Waals surface area (Å²) in [4.78, 5) is 28.6. The predicted octanol–water partition coefficient (Wildman–Crippen LogP) is 1.41. The minimum absolute atomic E-state index is 0.178. The van der Waals surface area contributed by atoms with Crippen LogP contribution in [-0.2, 0) is 9.59 Å². The average Bonchev–Trinajstić information content (AvgIpc) is 3.03. The van der Waals surface area contributed by atoms with Crippen molar-refractivity contribution >= 4 is 23.2 Å². The number of fused-ring (bicyclic) bond motifs is 2. The second kappa shape index (κ2) is 8.55. The number of carbonyl (C=O) groups is 2. The zero-order valence-corrected chi connectivity index (χ0v) is 17.6. The molecule has 4 fully saturated rings. The predicted molar refractivity (Wildman–Crippen MR) is 118 cm³/mol. The Labute approximate surface area is 178 Å². The van der Waals surface area contributed by atoms with Crippen LogP contribution in [0.3, 0.4) is 0 Å². The van der Waals surface area contributed by atoms with Crippen LogP contribution in [0.25, 0.3) is 0 Å². The number of benzene rings is 1. The van der Waals surface area contributed by atoms with Gasteiger partial charge in [0.15, 0.2) is 0 Å². The highest BCUT2D eigenvalue weighted by molar-refractivity contribution is 6.01. The highest BCUT2D eigenvalue weighted by atomic mass is 16.2. The standard InChI is InChI=1S/C23H33N5O2/c29-22-6-5-21(23(30)26-22)25-18-1-3-19(4-2-18)28-14-17-11-20(15-28)27(13-17)12-16-7-9-24-10-8-16/h1-4,16-17,20-21,24-25H,5-15H2,(H,26,29,30). The smallest absolute Gasteiger partial charge is 0.249 e. The van der Waals surface area contributed by atoms with E-state index in [4.69, 9.17) is 0 Å². The Morgan fingerprint density at radius 2 is 1.80 bits per heavy atom. The Bertz CT molecular complexity index is 776. The number of imide groups is 1. The first-order chi connectivity index (χ1) is 14.6. The molecule has 1 aromatic rings. The van der Waals surface area contributed by atoms with Gasteiger partial charge in [0.2, 0.25) is 11.8 Å². The number of nitrogens with zero attached hydrogens (tertiary/aromatic N) is 2. The minimum Gasteiger partial charge on any atom is -0.374 e. The van der Waals surface area contributed by atoms with Crippen LogP contribution in [0.1, 0.15) is 32.1 Å². The lowest BCUT2D eigenvalue weighted by Crippen LogP contribution is -2.47. The molecular formula is C23H33N5O2. The van der Waals surface area contributed by atoms with E-state index in [0.717, 1.165) is 30.6 Å². The Balaban J connectivity index is 1.17. The van der Waals surface area contributed by atoms with Gasteiger partial charge >= 0.3 is 0 Å². The van der Waals surface area contributed by atoms with Crippen molar-refractivity contribution in [1.82, 2.24) is 15.5 Å².